The van der Waals surface area contributed by atoms with E-state index in [0.29, 0.717) is 16.0 Å². The quantitative estimate of drug-likeness (QED) is 0.722. The van der Waals surface area contributed by atoms with E-state index in [-0.39, 0.29) is 11.1 Å². The number of pyridine rings is 2. The number of aryl methyl sites for hydroxylation is 1. The van der Waals surface area contributed by atoms with Gasteiger partial charge in [-0.05, 0) is 24.4 Å². The van der Waals surface area contributed by atoms with E-state index in [4.69, 9.17) is 11.6 Å². The molecule has 4 nitrogen and oxygen atoms in total. The van der Waals surface area contributed by atoms with Crippen LogP contribution in [0.15, 0.2) is 46.2 Å². The lowest BCUT2D eigenvalue weighted by Crippen LogP contribution is -2.09. The summed E-state index contributed by atoms with van der Waals surface area (Å²) in [5, 5.41) is 1.62. The molecule has 0 atom stereocenters. The second-order valence-electron chi connectivity index (χ2n) is 4.59. The fourth-order valence-corrected chi connectivity index (χ4v) is 2.52. The molecular weight excluding hydrogens is 276 g/mol. The van der Waals surface area contributed by atoms with Crippen LogP contribution in [0, 0.1) is 6.92 Å². The molecule has 100 valence electrons. The van der Waals surface area contributed by atoms with Crippen molar-refractivity contribution in [2.24, 2.45) is 0 Å². The lowest BCUT2D eigenvalue weighted by molar-refractivity contribution is 1.18. The molecule has 0 fully saturated rings. The third kappa shape index (κ3) is 1.94. The van der Waals surface area contributed by atoms with Gasteiger partial charge >= 0.3 is 0 Å². The normalized spacial score (nSPS) is 10.9. The number of H-pyrrole nitrogens is 2. The highest BCUT2D eigenvalue weighted by molar-refractivity contribution is 6.35. The van der Waals surface area contributed by atoms with Crippen molar-refractivity contribution >= 4 is 22.4 Å². The van der Waals surface area contributed by atoms with Crippen LogP contribution in [0.2, 0.25) is 5.02 Å². The third-order valence-electron chi connectivity index (χ3n) is 3.28. The number of hydrogen-bond donors (Lipinski definition) is 2. The highest BCUT2D eigenvalue weighted by atomic mass is 35.5. The molecule has 0 saturated carbocycles. The fourth-order valence-electron chi connectivity index (χ4n) is 2.26. The Kier molecular flexibility index (Phi) is 2.95. The maximum atomic E-state index is 11.9. The zero-order valence-electron chi connectivity index (χ0n) is 10.7. The van der Waals surface area contributed by atoms with Crippen molar-refractivity contribution in [1.29, 1.82) is 0 Å². The van der Waals surface area contributed by atoms with Crippen molar-refractivity contribution < 1.29 is 0 Å². The molecule has 5 heteroatoms. The first-order valence-corrected chi connectivity index (χ1v) is 6.45. The van der Waals surface area contributed by atoms with Crippen molar-refractivity contribution in [2.75, 3.05) is 0 Å². The van der Waals surface area contributed by atoms with Gasteiger partial charge in [0.15, 0.2) is 0 Å². The zero-order chi connectivity index (χ0) is 14.3. The van der Waals surface area contributed by atoms with Gasteiger partial charge in [0.1, 0.15) is 0 Å². The summed E-state index contributed by atoms with van der Waals surface area (Å²) in [4.78, 5) is 28.7. The molecule has 0 aliphatic heterocycles. The monoisotopic (exact) mass is 286 g/mol. The molecule has 2 N–H and O–H groups in total. The van der Waals surface area contributed by atoms with Crippen molar-refractivity contribution in [2.45, 2.75) is 6.92 Å². The Morgan fingerprint density at radius 3 is 2.55 bits per heavy atom. The van der Waals surface area contributed by atoms with E-state index in [1.165, 1.54) is 0 Å². The van der Waals surface area contributed by atoms with Crippen LogP contribution < -0.4 is 11.1 Å². The maximum absolute atomic E-state index is 11.9. The van der Waals surface area contributed by atoms with E-state index >= 15 is 0 Å². The number of halogens is 1. The second-order valence-corrected chi connectivity index (χ2v) is 5.00. The zero-order valence-corrected chi connectivity index (χ0v) is 11.4. The molecule has 20 heavy (non-hydrogen) atoms. The standard InChI is InChI=1S/C15H11ClN2O2/c1-8-5-9(6-17-14(8)19)11-7-18-15(20)13-10(11)3-2-4-12(13)16/h2-7H,1H3,(H,17,19)(H,18,20). The molecule has 1 aromatic carbocycles. The molecule has 0 radical (unpaired) electrons. The summed E-state index contributed by atoms with van der Waals surface area (Å²) in [5.41, 5.74) is 1.91. The molecule has 0 unspecified atom stereocenters. The average Bonchev–Trinajstić information content (AvgIpc) is 2.42. The van der Waals surface area contributed by atoms with Gasteiger partial charge in [0, 0.05) is 29.1 Å². The average molecular weight is 287 g/mol. The van der Waals surface area contributed by atoms with Gasteiger partial charge in [0.05, 0.1) is 10.4 Å². The smallest absolute Gasteiger partial charge is 0.257 e. The third-order valence-corrected chi connectivity index (χ3v) is 3.59. The van der Waals surface area contributed by atoms with Crippen LogP contribution in [0.4, 0.5) is 0 Å². The number of aromatic amines is 2. The number of rotatable bonds is 1. The van der Waals surface area contributed by atoms with E-state index < -0.39 is 0 Å². The minimum atomic E-state index is -0.226. The molecular formula is C15H11ClN2O2. The highest BCUT2D eigenvalue weighted by Gasteiger charge is 2.10. The molecule has 2 aromatic heterocycles. The number of fused-ring (bicyclic) bond motifs is 1. The first-order chi connectivity index (χ1) is 9.58. The molecule has 0 saturated heterocycles. The van der Waals surface area contributed by atoms with Gasteiger partial charge in [0.25, 0.3) is 11.1 Å². The van der Waals surface area contributed by atoms with Gasteiger partial charge < -0.3 is 9.97 Å². The van der Waals surface area contributed by atoms with Crippen LogP contribution in [0.25, 0.3) is 21.9 Å². The van der Waals surface area contributed by atoms with Crippen LogP contribution in [0.1, 0.15) is 5.56 Å². The van der Waals surface area contributed by atoms with Gasteiger partial charge in [-0.1, -0.05) is 23.7 Å². The Morgan fingerprint density at radius 2 is 1.80 bits per heavy atom. The Hall–Kier alpha value is -2.33. The van der Waals surface area contributed by atoms with Gasteiger partial charge in [0.2, 0.25) is 0 Å². The molecule has 3 aromatic rings. The van der Waals surface area contributed by atoms with Crippen molar-refractivity contribution in [3.05, 3.63) is 68.0 Å². The predicted octanol–water partition coefficient (Wildman–Crippen LogP) is 2.85. The van der Waals surface area contributed by atoms with Crippen LogP contribution in [0.3, 0.4) is 0 Å². The summed E-state index contributed by atoms with van der Waals surface area (Å²) in [7, 11) is 0. The van der Waals surface area contributed by atoms with Gasteiger partial charge in [-0.2, -0.15) is 0 Å². The van der Waals surface area contributed by atoms with Crippen LogP contribution in [0.5, 0.6) is 0 Å². The first kappa shape index (κ1) is 12.7. The van der Waals surface area contributed by atoms with Gasteiger partial charge in [-0.15, -0.1) is 0 Å². The summed E-state index contributed by atoms with van der Waals surface area (Å²) in [6.07, 6.45) is 3.26. The second kappa shape index (κ2) is 4.65. The van der Waals surface area contributed by atoms with E-state index in [1.54, 1.807) is 37.5 Å². The number of benzene rings is 1. The summed E-state index contributed by atoms with van der Waals surface area (Å²) in [5.74, 6) is 0. The number of nitrogens with one attached hydrogen (secondary N) is 2. The van der Waals surface area contributed by atoms with Crippen LogP contribution in [-0.2, 0) is 0 Å². The van der Waals surface area contributed by atoms with Crippen LogP contribution >= 0.6 is 11.6 Å². The van der Waals surface area contributed by atoms with E-state index in [0.717, 1.165) is 16.5 Å². The largest absolute Gasteiger partial charge is 0.328 e. The van der Waals surface area contributed by atoms with Gasteiger partial charge in [-0.25, -0.2) is 0 Å². The van der Waals surface area contributed by atoms with Crippen molar-refractivity contribution in [1.82, 2.24) is 9.97 Å². The highest BCUT2D eigenvalue weighted by Crippen LogP contribution is 2.28. The lowest BCUT2D eigenvalue weighted by Gasteiger charge is -2.07. The number of aromatic nitrogens is 2. The topological polar surface area (TPSA) is 65.7 Å². The Balaban J connectivity index is 2.40. The van der Waals surface area contributed by atoms with E-state index in [9.17, 15) is 9.59 Å². The minimum absolute atomic E-state index is 0.125. The van der Waals surface area contributed by atoms with Crippen LogP contribution in [-0.4, -0.2) is 9.97 Å². The summed E-state index contributed by atoms with van der Waals surface area (Å²) in [6, 6.07) is 7.10. The summed E-state index contributed by atoms with van der Waals surface area (Å²) in [6.45, 7) is 1.74. The SMILES string of the molecule is Cc1cc(-c2c[nH]c(=O)c3c(Cl)cccc23)c[nH]c1=O. The molecule has 0 aliphatic rings. The van der Waals surface area contributed by atoms with Crippen molar-refractivity contribution in [3.8, 4) is 11.1 Å². The first-order valence-electron chi connectivity index (χ1n) is 6.07. The predicted molar refractivity (Wildman–Crippen MR) is 80.4 cm³/mol. The summed E-state index contributed by atoms with van der Waals surface area (Å²) < 4.78 is 0. The Labute approximate surface area is 119 Å². The van der Waals surface area contributed by atoms with E-state index in [2.05, 4.69) is 9.97 Å². The number of hydrogen-bond acceptors (Lipinski definition) is 2. The molecule has 0 amide bonds. The molecule has 3 rings (SSSR count). The molecule has 0 spiro atoms. The van der Waals surface area contributed by atoms with E-state index in [1.807, 2.05) is 6.07 Å². The molecule has 0 bridgehead atoms. The lowest BCUT2D eigenvalue weighted by atomic mass is 10.0. The molecule has 2 heterocycles. The van der Waals surface area contributed by atoms with Gasteiger partial charge in [-0.3, -0.25) is 9.59 Å². The maximum Gasteiger partial charge on any atom is 0.257 e. The minimum Gasteiger partial charge on any atom is -0.328 e. The summed E-state index contributed by atoms with van der Waals surface area (Å²) >= 11 is 6.10. The van der Waals surface area contributed by atoms with Crippen molar-refractivity contribution in [3.63, 3.8) is 0 Å². The Bertz CT molecular complexity index is 925. The molecule has 0 aliphatic carbocycles. The fraction of sp³-hybridized carbons (Fsp3) is 0.0667. The Morgan fingerprint density at radius 1 is 1.05 bits per heavy atom.